The van der Waals surface area contributed by atoms with E-state index in [0.717, 1.165) is 19.4 Å². The molecule has 1 fully saturated rings. The fourth-order valence-corrected chi connectivity index (χ4v) is 2.65. The predicted octanol–water partition coefficient (Wildman–Crippen LogP) is 3.65. The molecule has 1 N–H and O–H groups in total. The maximum atomic E-state index is 14.1. The molecule has 100 valence electrons. The molecule has 1 aliphatic rings. The van der Waals surface area contributed by atoms with Crippen LogP contribution in [0.1, 0.15) is 51.2 Å². The van der Waals surface area contributed by atoms with Crippen LogP contribution in [-0.2, 0) is 0 Å². The van der Waals surface area contributed by atoms with Crippen molar-refractivity contribution in [3.63, 3.8) is 0 Å². The summed E-state index contributed by atoms with van der Waals surface area (Å²) in [5.74, 6) is -0.220. The van der Waals surface area contributed by atoms with Crippen LogP contribution in [0, 0.1) is 5.82 Å². The van der Waals surface area contributed by atoms with Gasteiger partial charge >= 0.3 is 0 Å². The Morgan fingerprint density at radius 2 is 2.11 bits per heavy atom. The molecule has 0 aromatic heterocycles. The summed E-state index contributed by atoms with van der Waals surface area (Å²) in [6, 6.07) is 5.47. The first kappa shape index (κ1) is 13.3. The maximum absolute atomic E-state index is 14.1. The number of aliphatic hydroxyl groups is 1. The normalized spacial score (nSPS) is 22.7. The Bertz CT molecular complexity index is 405. The highest BCUT2D eigenvalue weighted by molar-refractivity contribution is 5.50. The van der Waals surface area contributed by atoms with Crippen LogP contribution in [-0.4, -0.2) is 17.7 Å². The van der Waals surface area contributed by atoms with Crippen LogP contribution in [0.4, 0.5) is 10.1 Å². The quantitative estimate of drug-likeness (QED) is 0.867. The largest absolute Gasteiger partial charge is 0.389 e. The van der Waals surface area contributed by atoms with Crippen LogP contribution >= 0.6 is 0 Å². The third kappa shape index (κ3) is 2.83. The van der Waals surface area contributed by atoms with Gasteiger partial charge in [-0.3, -0.25) is 0 Å². The molecule has 2 atom stereocenters. The molecule has 3 heteroatoms. The fourth-order valence-electron chi connectivity index (χ4n) is 2.65. The number of nitrogens with zero attached hydrogens (tertiary/aromatic N) is 1. The Labute approximate surface area is 108 Å². The van der Waals surface area contributed by atoms with Crippen LogP contribution in [0.15, 0.2) is 18.2 Å². The zero-order valence-corrected chi connectivity index (χ0v) is 11.2. The SMILES string of the molecule is CC1CCCCCN1c1ccc([C@H](C)O)cc1F. The Kier molecular flexibility index (Phi) is 4.23. The van der Waals surface area contributed by atoms with Crippen molar-refractivity contribution in [2.45, 2.75) is 51.7 Å². The summed E-state index contributed by atoms with van der Waals surface area (Å²) in [7, 11) is 0. The van der Waals surface area contributed by atoms with Crippen molar-refractivity contribution in [1.29, 1.82) is 0 Å². The highest BCUT2D eigenvalue weighted by Crippen LogP contribution is 2.28. The van der Waals surface area contributed by atoms with E-state index in [9.17, 15) is 9.50 Å². The summed E-state index contributed by atoms with van der Waals surface area (Å²) in [6.07, 6.45) is 4.09. The molecule has 0 bridgehead atoms. The van der Waals surface area contributed by atoms with Gasteiger partial charge in [0.05, 0.1) is 11.8 Å². The molecular weight excluding hydrogens is 229 g/mol. The average molecular weight is 251 g/mol. The highest BCUT2D eigenvalue weighted by atomic mass is 19.1. The molecule has 1 aliphatic heterocycles. The van der Waals surface area contributed by atoms with Gasteiger partial charge < -0.3 is 10.0 Å². The van der Waals surface area contributed by atoms with Gasteiger partial charge in [-0.15, -0.1) is 0 Å². The van der Waals surface area contributed by atoms with Crippen molar-refractivity contribution in [3.8, 4) is 0 Å². The Morgan fingerprint density at radius 1 is 1.33 bits per heavy atom. The minimum Gasteiger partial charge on any atom is -0.389 e. The minimum absolute atomic E-state index is 0.220. The van der Waals surface area contributed by atoms with Crippen LogP contribution in [0.25, 0.3) is 0 Å². The fraction of sp³-hybridized carbons (Fsp3) is 0.600. The molecule has 18 heavy (non-hydrogen) atoms. The molecule has 1 aromatic rings. The van der Waals surface area contributed by atoms with E-state index in [1.165, 1.54) is 18.9 Å². The number of halogens is 1. The number of hydrogen-bond donors (Lipinski definition) is 1. The maximum Gasteiger partial charge on any atom is 0.146 e. The van der Waals surface area contributed by atoms with Gasteiger partial charge in [-0.25, -0.2) is 4.39 Å². The van der Waals surface area contributed by atoms with Gasteiger partial charge in [0.15, 0.2) is 0 Å². The monoisotopic (exact) mass is 251 g/mol. The lowest BCUT2D eigenvalue weighted by Crippen LogP contribution is -2.33. The highest BCUT2D eigenvalue weighted by Gasteiger charge is 2.20. The number of rotatable bonds is 2. The van der Waals surface area contributed by atoms with E-state index in [-0.39, 0.29) is 5.82 Å². The zero-order valence-electron chi connectivity index (χ0n) is 11.2. The van der Waals surface area contributed by atoms with E-state index < -0.39 is 6.10 Å². The summed E-state index contributed by atoms with van der Waals surface area (Å²) < 4.78 is 14.1. The summed E-state index contributed by atoms with van der Waals surface area (Å²) >= 11 is 0. The molecule has 0 aliphatic carbocycles. The number of benzene rings is 1. The van der Waals surface area contributed by atoms with Crippen molar-refractivity contribution in [3.05, 3.63) is 29.6 Å². The number of hydrogen-bond acceptors (Lipinski definition) is 2. The Balaban J connectivity index is 2.26. The van der Waals surface area contributed by atoms with Crippen molar-refractivity contribution in [2.24, 2.45) is 0 Å². The van der Waals surface area contributed by atoms with E-state index >= 15 is 0 Å². The minimum atomic E-state index is -0.616. The first-order valence-electron chi connectivity index (χ1n) is 6.83. The first-order chi connectivity index (χ1) is 8.59. The van der Waals surface area contributed by atoms with E-state index in [1.54, 1.807) is 13.0 Å². The van der Waals surface area contributed by atoms with Crippen LogP contribution < -0.4 is 4.90 Å². The van der Waals surface area contributed by atoms with Crippen LogP contribution in [0.5, 0.6) is 0 Å². The number of anilines is 1. The second-order valence-electron chi connectivity index (χ2n) is 5.28. The van der Waals surface area contributed by atoms with Gasteiger partial charge in [-0.1, -0.05) is 18.9 Å². The van der Waals surface area contributed by atoms with Crippen molar-refractivity contribution in [1.82, 2.24) is 0 Å². The predicted molar refractivity (Wildman–Crippen MR) is 72.3 cm³/mol. The lowest BCUT2D eigenvalue weighted by atomic mass is 10.1. The lowest BCUT2D eigenvalue weighted by molar-refractivity contribution is 0.199. The third-order valence-electron chi connectivity index (χ3n) is 3.82. The first-order valence-corrected chi connectivity index (χ1v) is 6.83. The molecule has 1 saturated heterocycles. The number of aliphatic hydroxyl groups excluding tert-OH is 1. The van der Waals surface area contributed by atoms with E-state index in [0.29, 0.717) is 17.3 Å². The molecule has 2 rings (SSSR count). The van der Waals surface area contributed by atoms with E-state index in [2.05, 4.69) is 11.8 Å². The van der Waals surface area contributed by atoms with Gasteiger partial charge in [0, 0.05) is 12.6 Å². The second kappa shape index (κ2) is 5.70. The van der Waals surface area contributed by atoms with Crippen molar-refractivity contribution >= 4 is 5.69 Å². The summed E-state index contributed by atoms with van der Waals surface area (Å²) in [6.45, 7) is 4.74. The Hall–Kier alpha value is -1.09. The van der Waals surface area contributed by atoms with Gasteiger partial charge in [-0.05, 0) is 44.4 Å². The summed E-state index contributed by atoms with van der Waals surface area (Å²) in [5, 5.41) is 9.47. The molecule has 0 spiro atoms. The molecule has 2 nitrogen and oxygen atoms in total. The molecule has 1 aromatic carbocycles. The second-order valence-corrected chi connectivity index (χ2v) is 5.28. The summed E-state index contributed by atoms with van der Waals surface area (Å²) in [5.41, 5.74) is 1.31. The summed E-state index contributed by atoms with van der Waals surface area (Å²) in [4.78, 5) is 2.16. The zero-order chi connectivity index (χ0) is 13.1. The lowest BCUT2D eigenvalue weighted by Gasteiger charge is -2.30. The molecule has 0 amide bonds. The van der Waals surface area contributed by atoms with E-state index in [1.807, 2.05) is 6.07 Å². The topological polar surface area (TPSA) is 23.5 Å². The molecular formula is C15H22FNO. The van der Waals surface area contributed by atoms with Gasteiger partial charge in [-0.2, -0.15) is 0 Å². The van der Waals surface area contributed by atoms with Crippen molar-refractivity contribution < 1.29 is 9.50 Å². The Morgan fingerprint density at radius 3 is 2.78 bits per heavy atom. The smallest absolute Gasteiger partial charge is 0.146 e. The third-order valence-corrected chi connectivity index (χ3v) is 3.82. The van der Waals surface area contributed by atoms with Gasteiger partial charge in [0.25, 0.3) is 0 Å². The van der Waals surface area contributed by atoms with Gasteiger partial charge in [0.2, 0.25) is 0 Å². The van der Waals surface area contributed by atoms with Crippen molar-refractivity contribution in [2.75, 3.05) is 11.4 Å². The standard InChI is InChI=1S/C15H22FNO/c1-11-6-4-3-5-9-17(11)15-8-7-13(12(2)18)10-14(15)16/h7-8,10-12,18H,3-6,9H2,1-2H3/t11?,12-/m0/s1. The van der Waals surface area contributed by atoms with Crippen LogP contribution in [0.3, 0.4) is 0 Å². The molecule has 1 unspecified atom stereocenters. The molecule has 0 saturated carbocycles. The van der Waals surface area contributed by atoms with Crippen LogP contribution in [0.2, 0.25) is 0 Å². The van der Waals surface area contributed by atoms with E-state index in [4.69, 9.17) is 0 Å². The average Bonchev–Trinajstić information content (AvgIpc) is 2.54. The molecule has 1 heterocycles. The molecule has 0 radical (unpaired) electrons. The van der Waals surface area contributed by atoms with Gasteiger partial charge in [0.1, 0.15) is 5.82 Å².